The Hall–Kier alpha value is -1.72. The molecule has 0 rings (SSSR count). The molecule has 1 atom stereocenters. The van der Waals surface area contributed by atoms with E-state index in [0.717, 1.165) is 0 Å². The van der Waals surface area contributed by atoms with Crippen LogP contribution in [-0.2, 0) is 19.2 Å². The maximum atomic E-state index is 12.0. The van der Waals surface area contributed by atoms with Crippen LogP contribution >= 0.6 is 0 Å². The van der Waals surface area contributed by atoms with Crippen LogP contribution in [0.15, 0.2) is 0 Å². The Balaban J connectivity index is 4.25. The van der Waals surface area contributed by atoms with Gasteiger partial charge in [0.15, 0.2) is 0 Å². The highest BCUT2D eigenvalue weighted by molar-refractivity contribution is 5.88. The third-order valence-corrected chi connectivity index (χ3v) is 3.90. The van der Waals surface area contributed by atoms with Gasteiger partial charge in [0.25, 0.3) is 0 Å². The molecule has 24 heavy (non-hydrogen) atoms. The SMILES string of the molecule is CCC(=O)CCC(NC(=O)CCCCC(=O)C(C)(C)C)C(=O)NC. The van der Waals surface area contributed by atoms with Gasteiger partial charge < -0.3 is 10.6 Å². The van der Waals surface area contributed by atoms with Gasteiger partial charge in [-0.15, -0.1) is 0 Å². The van der Waals surface area contributed by atoms with Crippen LogP contribution in [0.2, 0.25) is 0 Å². The first-order valence-electron chi connectivity index (χ1n) is 8.67. The van der Waals surface area contributed by atoms with E-state index < -0.39 is 6.04 Å². The molecule has 0 fully saturated rings. The van der Waals surface area contributed by atoms with Crippen molar-refractivity contribution in [2.24, 2.45) is 5.41 Å². The summed E-state index contributed by atoms with van der Waals surface area (Å²) in [4.78, 5) is 47.0. The minimum absolute atomic E-state index is 0.0684. The van der Waals surface area contributed by atoms with E-state index in [1.165, 1.54) is 7.05 Å². The number of amides is 2. The first kappa shape index (κ1) is 22.3. The van der Waals surface area contributed by atoms with Gasteiger partial charge in [-0.2, -0.15) is 0 Å². The molecule has 138 valence electrons. The predicted octanol–water partition coefficient (Wildman–Crippen LogP) is 2.15. The number of carbonyl (C=O) groups excluding carboxylic acids is 4. The van der Waals surface area contributed by atoms with Crippen molar-refractivity contribution in [1.82, 2.24) is 10.6 Å². The quantitative estimate of drug-likeness (QED) is 0.564. The van der Waals surface area contributed by atoms with E-state index in [2.05, 4.69) is 10.6 Å². The van der Waals surface area contributed by atoms with Gasteiger partial charge >= 0.3 is 0 Å². The van der Waals surface area contributed by atoms with E-state index in [4.69, 9.17) is 0 Å². The lowest BCUT2D eigenvalue weighted by Crippen LogP contribution is -2.45. The number of Topliss-reactive ketones (excluding diaryl/α,β-unsaturated/α-hetero) is 2. The molecule has 6 nitrogen and oxygen atoms in total. The maximum absolute atomic E-state index is 12.0. The number of ketones is 2. The average Bonchev–Trinajstić information content (AvgIpc) is 2.52. The molecule has 0 aliphatic carbocycles. The zero-order valence-electron chi connectivity index (χ0n) is 15.7. The molecule has 6 heteroatoms. The number of nitrogens with one attached hydrogen (secondary N) is 2. The summed E-state index contributed by atoms with van der Waals surface area (Å²) in [6.07, 6.45) is 2.99. The Labute approximate surface area is 145 Å². The molecule has 0 radical (unpaired) electrons. The minimum Gasteiger partial charge on any atom is -0.357 e. The number of hydrogen-bond acceptors (Lipinski definition) is 4. The normalized spacial score (nSPS) is 12.4. The summed E-state index contributed by atoms with van der Waals surface area (Å²) in [5, 5.41) is 5.18. The van der Waals surface area contributed by atoms with Gasteiger partial charge in [-0.3, -0.25) is 19.2 Å². The van der Waals surface area contributed by atoms with E-state index >= 15 is 0 Å². The molecule has 0 saturated carbocycles. The smallest absolute Gasteiger partial charge is 0.242 e. The van der Waals surface area contributed by atoms with Crippen LogP contribution in [0.1, 0.15) is 72.6 Å². The molecule has 2 amide bonds. The molecule has 2 N–H and O–H groups in total. The van der Waals surface area contributed by atoms with Crippen LogP contribution in [0, 0.1) is 5.41 Å². The maximum Gasteiger partial charge on any atom is 0.242 e. The number of likely N-dealkylation sites (N-methyl/N-ethyl adjacent to an activating group) is 1. The van der Waals surface area contributed by atoms with Gasteiger partial charge in [0, 0.05) is 38.1 Å². The average molecular weight is 340 g/mol. The van der Waals surface area contributed by atoms with Crippen LogP contribution in [0.4, 0.5) is 0 Å². The highest BCUT2D eigenvalue weighted by atomic mass is 16.2. The van der Waals surface area contributed by atoms with Gasteiger partial charge in [0.05, 0.1) is 0 Å². The van der Waals surface area contributed by atoms with Crippen molar-refractivity contribution in [2.45, 2.75) is 78.7 Å². The minimum atomic E-state index is -0.686. The molecule has 0 aromatic rings. The number of carbonyl (C=O) groups is 4. The fraction of sp³-hybridized carbons (Fsp3) is 0.778. The molecule has 0 aromatic carbocycles. The van der Waals surface area contributed by atoms with Gasteiger partial charge in [0.2, 0.25) is 11.8 Å². The van der Waals surface area contributed by atoms with Gasteiger partial charge in [-0.25, -0.2) is 0 Å². The first-order valence-corrected chi connectivity index (χ1v) is 8.67. The molecule has 1 unspecified atom stereocenters. The van der Waals surface area contributed by atoms with Crippen molar-refractivity contribution in [1.29, 1.82) is 0 Å². The van der Waals surface area contributed by atoms with E-state index in [1.807, 2.05) is 20.8 Å². The number of unbranched alkanes of at least 4 members (excludes halogenated alkanes) is 1. The van der Waals surface area contributed by atoms with Crippen LogP contribution in [0.3, 0.4) is 0 Å². The van der Waals surface area contributed by atoms with E-state index in [0.29, 0.717) is 32.1 Å². The van der Waals surface area contributed by atoms with E-state index in [1.54, 1.807) is 6.92 Å². The van der Waals surface area contributed by atoms with Crippen molar-refractivity contribution in [3.05, 3.63) is 0 Å². The molecule has 0 aromatic heterocycles. The highest BCUT2D eigenvalue weighted by Crippen LogP contribution is 2.18. The molecular formula is C18H32N2O4. The summed E-state index contributed by atoms with van der Waals surface area (Å²) >= 11 is 0. The standard InChI is InChI=1S/C18H32N2O4/c1-6-13(21)11-12-14(17(24)19-5)20-16(23)10-8-7-9-15(22)18(2,3)4/h14H,6-12H2,1-5H3,(H,19,24)(H,20,23). The highest BCUT2D eigenvalue weighted by Gasteiger charge is 2.22. The van der Waals surface area contributed by atoms with Crippen molar-refractivity contribution >= 4 is 23.4 Å². The Bertz CT molecular complexity index is 452. The molecule has 0 spiro atoms. The lowest BCUT2D eigenvalue weighted by Gasteiger charge is -2.17. The van der Waals surface area contributed by atoms with Crippen molar-refractivity contribution in [3.63, 3.8) is 0 Å². The van der Waals surface area contributed by atoms with Gasteiger partial charge in [0.1, 0.15) is 17.6 Å². The Morgan fingerprint density at radius 3 is 2.04 bits per heavy atom. The molecule has 0 heterocycles. The molecule has 0 aliphatic heterocycles. The monoisotopic (exact) mass is 340 g/mol. The van der Waals surface area contributed by atoms with Crippen LogP contribution in [0.5, 0.6) is 0 Å². The van der Waals surface area contributed by atoms with Crippen molar-refractivity contribution in [2.75, 3.05) is 7.05 Å². The Kier molecular flexibility index (Phi) is 10.2. The third kappa shape index (κ3) is 9.43. The zero-order chi connectivity index (χ0) is 18.8. The fourth-order valence-electron chi connectivity index (χ4n) is 2.14. The predicted molar refractivity (Wildman–Crippen MR) is 93.5 cm³/mol. The van der Waals surface area contributed by atoms with E-state index in [9.17, 15) is 19.2 Å². The largest absolute Gasteiger partial charge is 0.357 e. The van der Waals surface area contributed by atoms with Gasteiger partial charge in [-0.05, 0) is 19.3 Å². The van der Waals surface area contributed by atoms with E-state index in [-0.39, 0.29) is 41.6 Å². The second kappa shape index (κ2) is 10.9. The molecule has 0 bridgehead atoms. The molecule has 0 saturated heterocycles. The fourth-order valence-corrected chi connectivity index (χ4v) is 2.14. The molecule has 0 aliphatic rings. The lowest BCUT2D eigenvalue weighted by atomic mass is 9.88. The molecular weight excluding hydrogens is 308 g/mol. The summed E-state index contributed by atoms with van der Waals surface area (Å²) in [7, 11) is 1.50. The van der Waals surface area contributed by atoms with Crippen LogP contribution in [-0.4, -0.2) is 36.5 Å². The van der Waals surface area contributed by atoms with Crippen molar-refractivity contribution in [3.8, 4) is 0 Å². The topological polar surface area (TPSA) is 92.3 Å². The Morgan fingerprint density at radius 2 is 1.54 bits per heavy atom. The first-order chi connectivity index (χ1) is 11.1. The Morgan fingerprint density at radius 1 is 0.958 bits per heavy atom. The summed E-state index contributed by atoms with van der Waals surface area (Å²) < 4.78 is 0. The number of rotatable bonds is 11. The second-order valence-electron chi connectivity index (χ2n) is 7.05. The zero-order valence-corrected chi connectivity index (χ0v) is 15.7. The number of hydrogen-bond donors (Lipinski definition) is 2. The third-order valence-electron chi connectivity index (χ3n) is 3.90. The van der Waals surface area contributed by atoms with Crippen LogP contribution < -0.4 is 10.6 Å². The van der Waals surface area contributed by atoms with Crippen molar-refractivity contribution < 1.29 is 19.2 Å². The van der Waals surface area contributed by atoms with Gasteiger partial charge in [-0.1, -0.05) is 27.7 Å². The lowest BCUT2D eigenvalue weighted by molar-refractivity contribution is -0.129. The summed E-state index contributed by atoms with van der Waals surface area (Å²) in [5.74, 6) is -0.269. The summed E-state index contributed by atoms with van der Waals surface area (Å²) in [6, 6.07) is -0.686. The van der Waals surface area contributed by atoms with Crippen LogP contribution in [0.25, 0.3) is 0 Å². The summed E-state index contributed by atoms with van der Waals surface area (Å²) in [6.45, 7) is 7.42. The summed E-state index contributed by atoms with van der Waals surface area (Å²) in [5.41, 5.74) is -0.349. The second-order valence-corrected chi connectivity index (χ2v) is 7.05.